The number of fused-ring (bicyclic) bond motifs is 2. The van der Waals surface area contributed by atoms with Gasteiger partial charge in [0, 0.05) is 12.1 Å². The highest BCUT2D eigenvalue weighted by Gasteiger charge is 2.41. The quantitative estimate of drug-likeness (QED) is 0.863. The zero-order valence-electron chi connectivity index (χ0n) is 11.1. The van der Waals surface area contributed by atoms with Crippen LogP contribution in [0.2, 0.25) is 0 Å². The predicted octanol–water partition coefficient (Wildman–Crippen LogP) is 2.37. The third kappa shape index (κ3) is 2.23. The molecule has 2 N–H and O–H groups in total. The van der Waals surface area contributed by atoms with Gasteiger partial charge >= 0.3 is 0 Å². The average molecular weight is 265 g/mol. The smallest absolute Gasteiger partial charge is 0.146 e. The number of nitrogens with zero attached hydrogens (tertiary/aromatic N) is 1. The Morgan fingerprint density at radius 1 is 1.26 bits per heavy atom. The fourth-order valence-corrected chi connectivity index (χ4v) is 3.53. The van der Waals surface area contributed by atoms with Gasteiger partial charge in [0.1, 0.15) is 5.82 Å². The molecule has 2 fully saturated rings. The van der Waals surface area contributed by atoms with Crippen molar-refractivity contribution in [3.63, 3.8) is 0 Å². The first kappa shape index (κ1) is 12.9. The molecule has 0 radical (unpaired) electrons. The number of hydrogen-bond acceptors (Lipinski definition) is 3. The Hall–Kier alpha value is -1.13. The molecule has 0 saturated carbocycles. The van der Waals surface area contributed by atoms with E-state index < -0.39 is 6.10 Å². The van der Waals surface area contributed by atoms with Crippen LogP contribution in [0.1, 0.15) is 44.3 Å². The van der Waals surface area contributed by atoms with Gasteiger partial charge in [-0.15, -0.1) is 0 Å². The lowest BCUT2D eigenvalue weighted by Crippen LogP contribution is -2.45. The molecule has 4 heteroatoms. The first-order valence-electron chi connectivity index (χ1n) is 7.00. The van der Waals surface area contributed by atoms with E-state index >= 15 is 0 Å². The van der Waals surface area contributed by atoms with Gasteiger partial charge in [-0.2, -0.15) is 0 Å². The molecule has 3 rings (SSSR count). The van der Waals surface area contributed by atoms with Crippen LogP contribution in [0.5, 0.6) is 0 Å². The van der Waals surface area contributed by atoms with Crippen LogP contribution in [-0.2, 0) is 0 Å². The fraction of sp³-hybridized carbons (Fsp3) is 0.600. The molecular weight excluding hydrogens is 245 g/mol. The second-order valence-corrected chi connectivity index (χ2v) is 5.80. The number of hydrogen-bond donors (Lipinski definition) is 2. The summed E-state index contributed by atoms with van der Waals surface area (Å²) >= 11 is 0. The lowest BCUT2D eigenvalue weighted by molar-refractivity contribution is 0.126. The molecular formula is C15H20FNO2. The summed E-state index contributed by atoms with van der Waals surface area (Å²) in [6.07, 6.45) is 2.62. The molecule has 1 aromatic rings. The minimum absolute atomic E-state index is 0.242. The average Bonchev–Trinajstić information content (AvgIpc) is 2.62. The van der Waals surface area contributed by atoms with E-state index in [1.54, 1.807) is 19.1 Å². The van der Waals surface area contributed by atoms with Crippen molar-refractivity contribution in [1.82, 2.24) is 0 Å². The molecule has 0 spiro atoms. The summed E-state index contributed by atoms with van der Waals surface area (Å²) in [5.74, 6) is -0.272. The van der Waals surface area contributed by atoms with Gasteiger partial charge in [-0.1, -0.05) is 6.07 Å². The summed E-state index contributed by atoms with van der Waals surface area (Å²) < 4.78 is 14.3. The number of anilines is 1. The van der Waals surface area contributed by atoms with E-state index in [0.717, 1.165) is 25.7 Å². The molecule has 2 heterocycles. The monoisotopic (exact) mass is 265 g/mol. The molecule has 0 amide bonds. The van der Waals surface area contributed by atoms with E-state index in [4.69, 9.17) is 0 Å². The van der Waals surface area contributed by atoms with Crippen molar-refractivity contribution in [3.05, 3.63) is 29.6 Å². The second kappa shape index (κ2) is 4.76. The molecule has 104 valence electrons. The molecule has 2 saturated heterocycles. The lowest BCUT2D eigenvalue weighted by Gasteiger charge is -2.39. The van der Waals surface area contributed by atoms with Crippen molar-refractivity contribution in [3.8, 4) is 0 Å². The van der Waals surface area contributed by atoms with Crippen LogP contribution >= 0.6 is 0 Å². The first-order chi connectivity index (χ1) is 9.06. The molecule has 2 unspecified atom stereocenters. The number of benzene rings is 1. The normalized spacial score (nSPS) is 31.6. The highest BCUT2D eigenvalue weighted by molar-refractivity contribution is 5.53. The molecule has 3 nitrogen and oxygen atoms in total. The maximum Gasteiger partial charge on any atom is 0.146 e. The van der Waals surface area contributed by atoms with Crippen molar-refractivity contribution < 1.29 is 14.6 Å². The Bertz CT molecular complexity index is 463. The van der Waals surface area contributed by atoms with Gasteiger partial charge in [-0.3, -0.25) is 0 Å². The number of rotatable bonds is 2. The Balaban J connectivity index is 1.91. The Labute approximate surface area is 112 Å². The van der Waals surface area contributed by atoms with Gasteiger partial charge in [0.25, 0.3) is 0 Å². The summed E-state index contributed by atoms with van der Waals surface area (Å²) in [6, 6.07) is 5.47. The Kier molecular flexibility index (Phi) is 3.23. The third-order valence-corrected chi connectivity index (χ3v) is 4.44. The second-order valence-electron chi connectivity index (χ2n) is 5.80. The lowest BCUT2D eigenvalue weighted by atomic mass is 9.98. The summed E-state index contributed by atoms with van der Waals surface area (Å²) in [4.78, 5) is 2.13. The van der Waals surface area contributed by atoms with E-state index in [1.807, 2.05) is 0 Å². The highest BCUT2D eigenvalue weighted by Crippen LogP contribution is 2.40. The summed E-state index contributed by atoms with van der Waals surface area (Å²) in [7, 11) is 0. The van der Waals surface area contributed by atoms with E-state index in [0.29, 0.717) is 11.3 Å². The summed E-state index contributed by atoms with van der Waals surface area (Å²) in [5, 5.41) is 19.3. The van der Waals surface area contributed by atoms with Crippen LogP contribution in [-0.4, -0.2) is 28.4 Å². The maximum atomic E-state index is 14.3. The molecule has 0 aromatic heterocycles. The predicted molar refractivity (Wildman–Crippen MR) is 71.6 cm³/mol. The third-order valence-electron chi connectivity index (χ3n) is 4.44. The zero-order chi connectivity index (χ0) is 13.6. The molecule has 2 aliphatic rings. The van der Waals surface area contributed by atoms with Crippen LogP contribution in [0, 0.1) is 5.82 Å². The van der Waals surface area contributed by atoms with Crippen LogP contribution in [0.3, 0.4) is 0 Å². The topological polar surface area (TPSA) is 43.7 Å². The van der Waals surface area contributed by atoms with E-state index in [-0.39, 0.29) is 24.0 Å². The molecule has 0 aliphatic carbocycles. The zero-order valence-corrected chi connectivity index (χ0v) is 11.1. The van der Waals surface area contributed by atoms with Crippen LogP contribution in [0.15, 0.2) is 18.2 Å². The van der Waals surface area contributed by atoms with E-state index in [9.17, 15) is 14.6 Å². The van der Waals surface area contributed by atoms with Crippen molar-refractivity contribution in [2.24, 2.45) is 0 Å². The van der Waals surface area contributed by atoms with Crippen LogP contribution < -0.4 is 4.90 Å². The minimum atomic E-state index is -0.650. The first-order valence-corrected chi connectivity index (χ1v) is 7.00. The largest absolute Gasteiger partial charge is 0.393 e. The molecule has 2 bridgehead atoms. The standard InChI is InChI=1S/C15H20FNO2/c1-9(18)10-2-5-15(14(16)6-10)17-11-3-4-12(17)8-13(19)7-11/h2,5-6,9,11-13,18-19H,3-4,7-8H2,1H3/t9-,11?,12?,13?/m0/s1. The van der Waals surface area contributed by atoms with E-state index in [1.165, 1.54) is 6.07 Å². The number of piperidine rings is 1. The number of aliphatic hydroxyl groups is 2. The molecule has 19 heavy (non-hydrogen) atoms. The van der Waals surface area contributed by atoms with Crippen molar-refractivity contribution in [1.29, 1.82) is 0 Å². The van der Waals surface area contributed by atoms with Gasteiger partial charge in [0.2, 0.25) is 0 Å². The van der Waals surface area contributed by atoms with E-state index in [2.05, 4.69) is 4.90 Å². The molecule has 1 aromatic carbocycles. The van der Waals surface area contributed by atoms with Gasteiger partial charge in [0.15, 0.2) is 0 Å². The Morgan fingerprint density at radius 3 is 2.42 bits per heavy atom. The van der Waals surface area contributed by atoms with Crippen LogP contribution in [0.25, 0.3) is 0 Å². The maximum absolute atomic E-state index is 14.3. The fourth-order valence-electron chi connectivity index (χ4n) is 3.53. The number of aliphatic hydroxyl groups excluding tert-OH is 2. The highest BCUT2D eigenvalue weighted by atomic mass is 19.1. The molecule has 2 aliphatic heterocycles. The van der Waals surface area contributed by atoms with Gasteiger partial charge in [-0.05, 0) is 50.3 Å². The van der Waals surface area contributed by atoms with Crippen molar-refractivity contribution >= 4 is 5.69 Å². The van der Waals surface area contributed by atoms with Crippen molar-refractivity contribution in [2.75, 3.05) is 4.90 Å². The van der Waals surface area contributed by atoms with Crippen molar-refractivity contribution in [2.45, 2.75) is 56.9 Å². The van der Waals surface area contributed by atoms with Crippen LogP contribution in [0.4, 0.5) is 10.1 Å². The van der Waals surface area contributed by atoms with Gasteiger partial charge in [-0.25, -0.2) is 4.39 Å². The summed E-state index contributed by atoms with van der Waals surface area (Å²) in [6.45, 7) is 1.63. The van der Waals surface area contributed by atoms with Gasteiger partial charge < -0.3 is 15.1 Å². The minimum Gasteiger partial charge on any atom is -0.393 e. The molecule has 3 atom stereocenters. The van der Waals surface area contributed by atoms with Gasteiger partial charge in [0.05, 0.1) is 17.9 Å². The SMILES string of the molecule is C[C@H](O)c1ccc(N2C3CCC2CC(O)C3)c(F)c1. The Morgan fingerprint density at radius 2 is 1.89 bits per heavy atom. The number of halogens is 1. The summed E-state index contributed by atoms with van der Waals surface area (Å²) in [5.41, 5.74) is 1.22.